The van der Waals surface area contributed by atoms with Crippen molar-refractivity contribution in [3.05, 3.63) is 64.9 Å². The Bertz CT molecular complexity index is 989. The van der Waals surface area contributed by atoms with E-state index in [4.69, 9.17) is 4.74 Å². The lowest BCUT2D eigenvalue weighted by Gasteiger charge is -2.08. The molecule has 3 aromatic rings. The number of H-pyrrole nitrogens is 1. The number of nitrogens with one attached hydrogen (secondary N) is 2. The maximum Gasteiger partial charge on any atom is 0.340 e. The zero-order valence-corrected chi connectivity index (χ0v) is 16.3. The van der Waals surface area contributed by atoms with Crippen LogP contribution in [0.3, 0.4) is 0 Å². The van der Waals surface area contributed by atoms with Gasteiger partial charge in [-0.05, 0) is 45.4 Å². The minimum atomic E-state index is -0.445. The van der Waals surface area contributed by atoms with Gasteiger partial charge in [0.15, 0.2) is 5.82 Å². The fraction of sp³-hybridized carbons (Fsp3) is 0.300. The number of hydrogen-bond donors (Lipinski definition) is 2. The number of ether oxygens (including phenoxy) is 1. The average Bonchev–Trinajstić information content (AvgIpc) is 3.18. The Morgan fingerprint density at radius 2 is 2.04 bits per heavy atom. The van der Waals surface area contributed by atoms with E-state index in [1.807, 2.05) is 18.2 Å². The molecule has 0 atom stereocenters. The van der Waals surface area contributed by atoms with Crippen molar-refractivity contribution in [1.29, 1.82) is 0 Å². The summed E-state index contributed by atoms with van der Waals surface area (Å²) < 4.78 is 6.95. The normalized spacial score (nSPS) is 10.9. The standard InChI is InChI=1S/C20H23N5O3/c1-12(2)28-20(27)17-13(3)18(22-14(17)4)19(26)23-16-8-10-25(24-16)11-15-7-5-6-9-21-15/h5-10,12,22H,11H2,1-4H3,(H,23,24,26). The van der Waals surface area contributed by atoms with Crippen molar-refractivity contribution in [3.63, 3.8) is 0 Å². The van der Waals surface area contributed by atoms with Gasteiger partial charge < -0.3 is 15.0 Å². The highest BCUT2D eigenvalue weighted by Gasteiger charge is 2.24. The number of anilines is 1. The third-order valence-electron chi connectivity index (χ3n) is 4.14. The highest BCUT2D eigenvalue weighted by molar-refractivity contribution is 6.06. The Hall–Kier alpha value is -3.42. The number of nitrogens with zero attached hydrogens (tertiary/aromatic N) is 3. The van der Waals surface area contributed by atoms with Gasteiger partial charge in [-0.3, -0.25) is 14.5 Å². The predicted molar refractivity (Wildman–Crippen MR) is 104 cm³/mol. The lowest BCUT2D eigenvalue weighted by molar-refractivity contribution is 0.0376. The molecule has 2 N–H and O–H groups in total. The summed E-state index contributed by atoms with van der Waals surface area (Å²) in [7, 11) is 0. The minimum absolute atomic E-state index is 0.235. The van der Waals surface area contributed by atoms with Crippen molar-refractivity contribution >= 4 is 17.7 Å². The topological polar surface area (TPSA) is 102 Å². The van der Waals surface area contributed by atoms with Crippen LogP contribution in [0.15, 0.2) is 36.7 Å². The van der Waals surface area contributed by atoms with E-state index in [0.29, 0.717) is 34.9 Å². The molecule has 146 valence electrons. The summed E-state index contributed by atoms with van der Waals surface area (Å²) >= 11 is 0. The first-order chi connectivity index (χ1) is 13.3. The molecule has 0 bridgehead atoms. The molecule has 0 spiro atoms. The van der Waals surface area contributed by atoms with E-state index < -0.39 is 5.97 Å². The monoisotopic (exact) mass is 381 g/mol. The molecule has 8 heteroatoms. The fourth-order valence-electron chi connectivity index (χ4n) is 2.91. The van der Waals surface area contributed by atoms with Crippen LogP contribution in [0.4, 0.5) is 5.82 Å². The summed E-state index contributed by atoms with van der Waals surface area (Å²) in [5.41, 5.74) is 2.71. The van der Waals surface area contributed by atoms with Crippen LogP contribution >= 0.6 is 0 Å². The molecule has 0 aliphatic heterocycles. The molecular formula is C20H23N5O3. The largest absolute Gasteiger partial charge is 0.459 e. The molecule has 0 saturated carbocycles. The van der Waals surface area contributed by atoms with E-state index in [1.165, 1.54) is 0 Å². The van der Waals surface area contributed by atoms with Crippen molar-refractivity contribution in [2.24, 2.45) is 0 Å². The van der Waals surface area contributed by atoms with E-state index in [-0.39, 0.29) is 12.0 Å². The van der Waals surface area contributed by atoms with Crippen LogP contribution in [0, 0.1) is 13.8 Å². The smallest absolute Gasteiger partial charge is 0.340 e. The van der Waals surface area contributed by atoms with E-state index in [1.54, 1.807) is 50.8 Å². The second-order valence-corrected chi connectivity index (χ2v) is 6.75. The Balaban J connectivity index is 1.73. The number of aryl methyl sites for hydroxylation is 1. The zero-order chi connectivity index (χ0) is 20.3. The van der Waals surface area contributed by atoms with Crippen molar-refractivity contribution in [3.8, 4) is 0 Å². The maximum absolute atomic E-state index is 12.7. The lowest BCUT2D eigenvalue weighted by Crippen LogP contribution is -2.16. The molecule has 0 aliphatic carbocycles. The summed E-state index contributed by atoms with van der Waals surface area (Å²) in [6.07, 6.45) is 3.25. The van der Waals surface area contributed by atoms with Crippen LogP contribution in [0.1, 0.15) is 51.6 Å². The number of esters is 1. The van der Waals surface area contributed by atoms with Gasteiger partial charge in [-0.2, -0.15) is 5.10 Å². The van der Waals surface area contributed by atoms with Gasteiger partial charge in [-0.1, -0.05) is 6.07 Å². The molecule has 3 heterocycles. The lowest BCUT2D eigenvalue weighted by atomic mass is 10.1. The summed E-state index contributed by atoms with van der Waals surface area (Å²) in [6.45, 7) is 7.52. The van der Waals surface area contributed by atoms with E-state index in [2.05, 4.69) is 20.4 Å². The van der Waals surface area contributed by atoms with Crippen LogP contribution in [0.2, 0.25) is 0 Å². The zero-order valence-electron chi connectivity index (χ0n) is 16.3. The fourth-order valence-corrected chi connectivity index (χ4v) is 2.91. The van der Waals surface area contributed by atoms with Crippen molar-refractivity contribution in [2.45, 2.75) is 40.3 Å². The maximum atomic E-state index is 12.7. The first kappa shape index (κ1) is 19.3. The van der Waals surface area contributed by atoms with Crippen molar-refractivity contribution in [1.82, 2.24) is 19.7 Å². The second-order valence-electron chi connectivity index (χ2n) is 6.75. The molecule has 0 aliphatic rings. The second kappa shape index (κ2) is 8.08. The number of carbonyl (C=O) groups is 2. The van der Waals surface area contributed by atoms with E-state index >= 15 is 0 Å². The van der Waals surface area contributed by atoms with E-state index in [0.717, 1.165) is 5.69 Å². The molecule has 28 heavy (non-hydrogen) atoms. The summed E-state index contributed by atoms with van der Waals surface area (Å²) in [5.74, 6) is -0.397. The van der Waals surface area contributed by atoms with Gasteiger partial charge in [-0.15, -0.1) is 0 Å². The van der Waals surface area contributed by atoms with Crippen LogP contribution < -0.4 is 5.32 Å². The Morgan fingerprint density at radius 3 is 2.71 bits per heavy atom. The molecule has 0 fully saturated rings. The number of aromatic nitrogens is 4. The third kappa shape index (κ3) is 4.28. The van der Waals surface area contributed by atoms with Crippen LogP contribution in [-0.4, -0.2) is 37.7 Å². The SMILES string of the molecule is Cc1[nH]c(C(=O)Nc2ccn(Cc3ccccn3)n2)c(C)c1C(=O)OC(C)C. The number of aromatic amines is 1. The van der Waals surface area contributed by atoms with Gasteiger partial charge in [0.25, 0.3) is 5.91 Å². The molecule has 1 amide bonds. The number of amides is 1. The Labute approximate surface area is 162 Å². The molecule has 0 unspecified atom stereocenters. The molecule has 0 saturated heterocycles. The molecule has 3 aromatic heterocycles. The van der Waals surface area contributed by atoms with Gasteiger partial charge >= 0.3 is 5.97 Å². The molecule has 3 rings (SSSR count). The molecule has 0 aromatic carbocycles. The highest BCUT2D eigenvalue weighted by Crippen LogP contribution is 2.20. The highest BCUT2D eigenvalue weighted by atomic mass is 16.5. The van der Waals surface area contributed by atoms with Gasteiger partial charge in [0, 0.05) is 24.2 Å². The van der Waals surface area contributed by atoms with Gasteiger partial charge in [0.2, 0.25) is 0 Å². The number of rotatable bonds is 6. The third-order valence-corrected chi connectivity index (χ3v) is 4.14. The predicted octanol–water partition coefficient (Wildman–Crippen LogP) is 3.09. The molecule has 0 radical (unpaired) electrons. The van der Waals surface area contributed by atoms with E-state index in [9.17, 15) is 9.59 Å². The minimum Gasteiger partial charge on any atom is -0.459 e. The van der Waals surface area contributed by atoms with Crippen molar-refractivity contribution in [2.75, 3.05) is 5.32 Å². The van der Waals surface area contributed by atoms with Crippen LogP contribution in [-0.2, 0) is 11.3 Å². The van der Waals surface area contributed by atoms with Gasteiger partial charge in [-0.25, -0.2) is 4.79 Å². The summed E-state index contributed by atoms with van der Waals surface area (Å²) in [6, 6.07) is 7.37. The Kier molecular flexibility index (Phi) is 5.58. The van der Waals surface area contributed by atoms with Gasteiger partial charge in [0.1, 0.15) is 5.69 Å². The quantitative estimate of drug-likeness (QED) is 0.639. The molecule has 8 nitrogen and oxygen atoms in total. The van der Waals surface area contributed by atoms with Crippen molar-refractivity contribution < 1.29 is 14.3 Å². The first-order valence-corrected chi connectivity index (χ1v) is 9.00. The average molecular weight is 381 g/mol. The van der Waals surface area contributed by atoms with Gasteiger partial charge in [0.05, 0.1) is 23.9 Å². The molecular weight excluding hydrogens is 358 g/mol. The first-order valence-electron chi connectivity index (χ1n) is 9.00. The Morgan fingerprint density at radius 1 is 1.25 bits per heavy atom. The summed E-state index contributed by atoms with van der Waals surface area (Å²) in [4.78, 5) is 32.2. The number of hydrogen-bond acceptors (Lipinski definition) is 5. The number of carbonyl (C=O) groups excluding carboxylic acids is 2. The number of pyridine rings is 1. The van der Waals surface area contributed by atoms with Crippen LogP contribution in [0.5, 0.6) is 0 Å². The summed E-state index contributed by atoms with van der Waals surface area (Å²) in [5, 5.41) is 7.09. The van der Waals surface area contributed by atoms with Crippen LogP contribution in [0.25, 0.3) is 0 Å².